The minimum Gasteiger partial charge on any atom is -0.315 e. The zero-order valence-corrected chi connectivity index (χ0v) is 11.5. The van der Waals surface area contributed by atoms with Gasteiger partial charge >= 0.3 is 0 Å². The maximum absolute atomic E-state index is 3.54. The molecule has 0 aromatic rings. The molecule has 0 radical (unpaired) electrons. The quantitative estimate of drug-likeness (QED) is 0.718. The summed E-state index contributed by atoms with van der Waals surface area (Å²) in [4.78, 5) is 2.50. The average Bonchev–Trinajstić information content (AvgIpc) is 2.34. The maximum atomic E-state index is 3.54. The van der Waals surface area contributed by atoms with Crippen molar-refractivity contribution < 1.29 is 0 Å². The van der Waals surface area contributed by atoms with Crippen LogP contribution < -0.4 is 5.32 Å². The first-order valence-electron chi connectivity index (χ1n) is 7.13. The number of hydrogen-bond donors (Lipinski definition) is 1. The van der Waals surface area contributed by atoms with Gasteiger partial charge in [0.15, 0.2) is 0 Å². The number of likely N-dealkylation sites (N-methyl/N-ethyl adjacent to an activating group) is 2. The Balaban J connectivity index is 2.29. The van der Waals surface area contributed by atoms with Crippen LogP contribution in [0, 0.1) is 5.92 Å². The van der Waals surface area contributed by atoms with E-state index in [2.05, 4.69) is 31.2 Å². The molecule has 2 nitrogen and oxygen atoms in total. The molecule has 1 rings (SSSR count). The minimum atomic E-state index is 0.710. The molecule has 1 unspecified atom stereocenters. The van der Waals surface area contributed by atoms with Crippen LogP contribution in [-0.4, -0.2) is 38.1 Å². The third-order valence-electron chi connectivity index (χ3n) is 3.99. The van der Waals surface area contributed by atoms with Crippen molar-refractivity contribution in [2.24, 2.45) is 5.92 Å². The summed E-state index contributed by atoms with van der Waals surface area (Å²) in [6.07, 6.45) is 9.86. The van der Waals surface area contributed by atoms with Crippen LogP contribution in [0.25, 0.3) is 0 Å². The molecule has 1 fully saturated rings. The Morgan fingerprint density at radius 2 is 1.94 bits per heavy atom. The number of nitrogens with zero attached hydrogens (tertiary/aromatic N) is 1. The summed E-state index contributed by atoms with van der Waals surface area (Å²) in [5, 5.41) is 3.54. The summed E-state index contributed by atoms with van der Waals surface area (Å²) in [7, 11) is 4.40. The topological polar surface area (TPSA) is 15.3 Å². The molecule has 2 heteroatoms. The van der Waals surface area contributed by atoms with E-state index < -0.39 is 0 Å². The van der Waals surface area contributed by atoms with Crippen molar-refractivity contribution in [3.05, 3.63) is 0 Å². The minimum absolute atomic E-state index is 0.710. The van der Waals surface area contributed by atoms with Crippen LogP contribution in [0.3, 0.4) is 0 Å². The molecule has 1 aliphatic rings. The molecule has 1 N–H and O–H groups in total. The second kappa shape index (κ2) is 8.08. The average molecular weight is 226 g/mol. The van der Waals surface area contributed by atoms with Gasteiger partial charge in [-0.2, -0.15) is 0 Å². The maximum Gasteiger partial charge on any atom is 0.0220 e. The Hall–Kier alpha value is -0.0800. The molecule has 1 saturated carbocycles. The summed E-state index contributed by atoms with van der Waals surface area (Å²) in [6, 6.07) is 0.710. The van der Waals surface area contributed by atoms with Crippen molar-refractivity contribution in [2.45, 2.75) is 57.9 Å². The fourth-order valence-corrected chi connectivity index (χ4v) is 2.87. The zero-order chi connectivity index (χ0) is 11.8. The molecule has 16 heavy (non-hydrogen) atoms. The Bertz CT molecular complexity index is 164. The van der Waals surface area contributed by atoms with Crippen molar-refractivity contribution in [3.63, 3.8) is 0 Å². The van der Waals surface area contributed by atoms with E-state index in [1.165, 1.54) is 58.0 Å². The summed E-state index contributed by atoms with van der Waals surface area (Å²) in [5.74, 6) is 0.919. The molecule has 96 valence electrons. The third-order valence-corrected chi connectivity index (χ3v) is 3.99. The Morgan fingerprint density at radius 1 is 1.25 bits per heavy atom. The second-order valence-corrected chi connectivity index (χ2v) is 5.41. The van der Waals surface area contributed by atoms with Gasteiger partial charge in [0.2, 0.25) is 0 Å². The highest BCUT2D eigenvalue weighted by Crippen LogP contribution is 2.26. The van der Waals surface area contributed by atoms with Crippen LogP contribution in [0.4, 0.5) is 0 Å². The van der Waals surface area contributed by atoms with E-state index in [9.17, 15) is 0 Å². The van der Waals surface area contributed by atoms with Gasteiger partial charge in [0.1, 0.15) is 0 Å². The lowest BCUT2D eigenvalue weighted by Crippen LogP contribution is -2.43. The fourth-order valence-electron chi connectivity index (χ4n) is 2.87. The van der Waals surface area contributed by atoms with Crippen LogP contribution in [0.15, 0.2) is 0 Å². The first kappa shape index (κ1) is 14.0. The van der Waals surface area contributed by atoms with Gasteiger partial charge in [-0.25, -0.2) is 0 Å². The van der Waals surface area contributed by atoms with Crippen molar-refractivity contribution in [3.8, 4) is 0 Å². The lowest BCUT2D eigenvalue weighted by Gasteiger charge is -2.33. The molecular weight excluding hydrogens is 196 g/mol. The van der Waals surface area contributed by atoms with Crippen LogP contribution in [0.1, 0.15) is 51.9 Å². The molecule has 0 amide bonds. The smallest absolute Gasteiger partial charge is 0.0220 e. The summed E-state index contributed by atoms with van der Waals surface area (Å²) in [5.41, 5.74) is 0. The van der Waals surface area contributed by atoms with Crippen LogP contribution in [-0.2, 0) is 0 Å². The van der Waals surface area contributed by atoms with E-state index in [-0.39, 0.29) is 0 Å². The predicted molar refractivity (Wildman–Crippen MR) is 71.8 cm³/mol. The van der Waals surface area contributed by atoms with E-state index in [1.807, 2.05) is 0 Å². The molecule has 0 aromatic carbocycles. The lowest BCUT2D eigenvalue weighted by atomic mass is 9.83. The van der Waals surface area contributed by atoms with E-state index in [0.717, 1.165) is 5.92 Å². The SMILES string of the molecule is CCCCN(C)CC(NC)C1CCCCC1. The Morgan fingerprint density at radius 3 is 2.50 bits per heavy atom. The van der Waals surface area contributed by atoms with Gasteiger partial charge in [0, 0.05) is 12.6 Å². The molecular formula is C14H30N2. The van der Waals surface area contributed by atoms with Gasteiger partial charge in [-0.15, -0.1) is 0 Å². The summed E-state index contributed by atoms with van der Waals surface area (Å²) < 4.78 is 0. The van der Waals surface area contributed by atoms with E-state index in [4.69, 9.17) is 0 Å². The van der Waals surface area contributed by atoms with Crippen LogP contribution in [0.5, 0.6) is 0 Å². The number of nitrogens with one attached hydrogen (secondary N) is 1. The monoisotopic (exact) mass is 226 g/mol. The number of unbranched alkanes of at least 4 members (excludes halogenated alkanes) is 1. The molecule has 0 aliphatic heterocycles. The van der Waals surface area contributed by atoms with Gasteiger partial charge in [-0.05, 0) is 45.8 Å². The molecule has 0 saturated heterocycles. The van der Waals surface area contributed by atoms with Crippen LogP contribution >= 0.6 is 0 Å². The van der Waals surface area contributed by atoms with Crippen LogP contribution in [0.2, 0.25) is 0 Å². The molecule has 0 heterocycles. The largest absolute Gasteiger partial charge is 0.315 e. The van der Waals surface area contributed by atoms with Crippen molar-refractivity contribution in [1.82, 2.24) is 10.2 Å². The summed E-state index contributed by atoms with van der Waals surface area (Å²) >= 11 is 0. The number of hydrogen-bond acceptors (Lipinski definition) is 2. The normalized spacial score (nSPS) is 20.2. The third kappa shape index (κ3) is 4.84. The fraction of sp³-hybridized carbons (Fsp3) is 1.00. The highest BCUT2D eigenvalue weighted by Gasteiger charge is 2.22. The molecule has 1 aliphatic carbocycles. The second-order valence-electron chi connectivity index (χ2n) is 5.41. The van der Waals surface area contributed by atoms with Crippen molar-refractivity contribution in [1.29, 1.82) is 0 Å². The van der Waals surface area contributed by atoms with Gasteiger partial charge in [0.05, 0.1) is 0 Å². The van der Waals surface area contributed by atoms with Gasteiger partial charge in [-0.3, -0.25) is 0 Å². The van der Waals surface area contributed by atoms with E-state index in [1.54, 1.807) is 0 Å². The van der Waals surface area contributed by atoms with E-state index >= 15 is 0 Å². The standard InChI is InChI=1S/C14H30N2/c1-4-5-11-16(3)12-14(15-2)13-9-7-6-8-10-13/h13-15H,4-12H2,1-3H3. The van der Waals surface area contributed by atoms with Gasteiger partial charge < -0.3 is 10.2 Å². The van der Waals surface area contributed by atoms with E-state index in [0.29, 0.717) is 6.04 Å². The molecule has 0 aromatic heterocycles. The summed E-state index contributed by atoms with van der Waals surface area (Å²) in [6.45, 7) is 4.74. The molecule has 0 bridgehead atoms. The highest BCUT2D eigenvalue weighted by atomic mass is 15.1. The first-order valence-corrected chi connectivity index (χ1v) is 7.13. The molecule has 0 spiro atoms. The highest BCUT2D eigenvalue weighted by molar-refractivity contribution is 4.80. The van der Waals surface area contributed by atoms with Crippen molar-refractivity contribution >= 4 is 0 Å². The van der Waals surface area contributed by atoms with Gasteiger partial charge in [0.25, 0.3) is 0 Å². The van der Waals surface area contributed by atoms with Gasteiger partial charge in [-0.1, -0.05) is 32.6 Å². The van der Waals surface area contributed by atoms with Crippen molar-refractivity contribution in [2.75, 3.05) is 27.2 Å². The number of rotatable bonds is 7. The lowest BCUT2D eigenvalue weighted by molar-refractivity contribution is 0.210. The Kier molecular flexibility index (Phi) is 7.06. The predicted octanol–water partition coefficient (Wildman–Crippen LogP) is 2.89. The first-order chi connectivity index (χ1) is 7.77. The Labute approximate surface area is 102 Å². The molecule has 1 atom stereocenters. The zero-order valence-electron chi connectivity index (χ0n) is 11.5.